The SMILES string of the molecule is CC(=O)CC[C@H](C)CN1c2ccc(-c3cccc(-c4cccc(-c5ccc6c(c5)OCS(=O)(=O)N6C[C@@H]5CCC(=O)N5)c4Cl)c3Cl)cc2OCS1(=O)=O. The van der Waals surface area contributed by atoms with Gasteiger partial charge in [-0.15, -0.1) is 0 Å². The molecule has 11 nitrogen and oxygen atoms in total. The number of benzene rings is 4. The van der Waals surface area contributed by atoms with E-state index in [9.17, 15) is 26.4 Å². The Labute approximate surface area is 318 Å². The number of nitrogens with one attached hydrogen (secondary N) is 1. The van der Waals surface area contributed by atoms with Crippen LogP contribution < -0.4 is 23.4 Å². The molecule has 0 spiro atoms. The van der Waals surface area contributed by atoms with Crippen LogP contribution in [0.25, 0.3) is 33.4 Å². The van der Waals surface area contributed by atoms with Crippen molar-refractivity contribution in [3.63, 3.8) is 0 Å². The predicted molar refractivity (Wildman–Crippen MR) is 207 cm³/mol. The van der Waals surface area contributed by atoms with Crippen molar-refractivity contribution in [1.82, 2.24) is 5.32 Å². The maximum atomic E-state index is 13.0. The second-order valence-electron chi connectivity index (χ2n) is 13.7. The van der Waals surface area contributed by atoms with E-state index >= 15 is 0 Å². The minimum absolute atomic E-state index is 0.0437. The number of Topliss-reactive ketones (excluding diaryl/α,β-unsaturated/α-hetero) is 1. The van der Waals surface area contributed by atoms with Crippen LogP contribution in [0.1, 0.15) is 39.5 Å². The van der Waals surface area contributed by atoms with Crippen LogP contribution in [0.15, 0.2) is 72.8 Å². The molecule has 53 heavy (non-hydrogen) atoms. The molecule has 2 atom stereocenters. The van der Waals surface area contributed by atoms with Gasteiger partial charge in [-0.2, -0.15) is 0 Å². The number of fused-ring (bicyclic) bond motifs is 2. The molecule has 3 aliphatic rings. The third kappa shape index (κ3) is 7.44. The average molecular weight is 799 g/mol. The molecule has 3 heterocycles. The Morgan fingerprint density at radius 3 is 1.83 bits per heavy atom. The van der Waals surface area contributed by atoms with Crippen LogP contribution in [0.5, 0.6) is 11.5 Å². The van der Waals surface area contributed by atoms with Crippen LogP contribution in [-0.2, 0) is 29.6 Å². The topological polar surface area (TPSA) is 139 Å². The van der Waals surface area contributed by atoms with Crippen molar-refractivity contribution >= 4 is 66.3 Å². The number of hydrogen-bond donors (Lipinski definition) is 1. The summed E-state index contributed by atoms with van der Waals surface area (Å²) in [5, 5.41) is 3.69. The van der Waals surface area contributed by atoms with Gasteiger partial charge in [-0.05, 0) is 61.1 Å². The Balaban J connectivity index is 1.18. The number of halogens is 2. The Kier molecular flexibility index (Phi) is 10.1. The molecule has 4 aromatic rings. The molecule has 278 valence electrons. The standard InChI is InChI=1S/C38H37Cl2N3O8S2/c1-23(9-10-24(2)44)19-42-32-14-11-25(17-34(32)50-21-52(42,46)47)28-5-3-7-30(37(28)39)31-8-4-6-29(38(31)40)26-12-15-33-35(18-26)51-22-53(48,49)43(33)20-27-13-16-36(45)41-27/h3-8,11-12,14-15,17-18,23,27H,9-10,13,16,19-22H2,1-2H3,(H,41,45)/t23-,27-/m0/s1. The van der Waals surface area contributed by atoms with Gasteiger partial charge in [0.15, 0.2) is 0 Å². The number of anilines is 2. The first-order valence-electron chi connectivity index (χ1n) is 17.1. The third-order valence-electron chi connectivity index (χ3n) is 9.70. The van der Waals surface area contributed by atoms with Gasteiger partial charge in [-0.1, -0.05) is 78.7 Å². The summed E-state index contributed by atoms with van der Waals surface area (Å²) in [5.74, 6) is -0.311. The van der Waals surface area contributed by atoms with Gasteiger partial charge in [-0.3, -0.25) is 13.4 Å². The molecule has 1 N–H and O–H groups in total. The Bertz CT molecular complexity index is 2350. The number of hydrogen-bond acceptors (Lipinski definition) is 8. The summed E-state index contributed by atoms with van der Waals surface area (Å²) in [6, 6.07) is 21.4. The highest BCUT2D eigenvalue weighted by Crippen LogP contribution is 2.46. The first-order valence-corrected chi connectivity index (χ1v) is 21.1. The van der Waals surface area contributed by atoms with Crippen molar-refractivity contribution in [3.05, 3.63) is 82.8 Å². The first kappa shape index (κ1) is 37.0. The van der Waals surface area contributed by atoms with Crippen molar-refractivity contribution in [3.8, 4) is 44.9 Å². The molecule has 1 saturated heterocycles. The van der Waals surface area contributed by atoms with Crippen LogP contribution >= 0.6 is 23.2 Å². The van der Waals surface area contributed by atoms with E-state index in [0.717, 1.165) is 5.56 Å². The molecule has 0 bridgehead atoms. The van der Waals surface area contributed by atoms with Crippen LogP contribution in [0.3, 0.4) is 0 Å². The minimum Gasteiger partial charge on any atom is -0.474 e. The summed E-state index contributed by atoms with van der Waals surface area (Å²) < 4.78 is 66.1. The van der Waals surface area contributed by atoms with Gasteiger partial charge < -0.3 is 19.6 Å². The van der Waals surface area contributed by atoms with Crippen molar-refractivity contribution in [1.29, 1.82) is 0 Å². The summed E-state index contributed by atoms with van der Waals surface area (Å²) in [4.78, 5) is 23.3. The van der Waals surface area contributed by atoms with E-state index < -0.39 is 31.9 Å². The zero-order valence-corrected chi connectivity index (χ0v) is 32.1. The van der Waals surface area contributed by atoms with Crippen molar-refractivity contribution in [2.24, 2.45) is 5.92 Å². The summed E-state index contributed by atoms with van der Waals surface area (Å²) >= 11 is 14.2. The van der Waals surface area contributed by atoms with Crippen LogP contribution in [0, 0.1) is 5.92 Å². The maximum Gasteiger partial charge on any atom is 0.270 e. The lowest BCUT2D eigenvalue weighted by atomic mass is 9.95. The highest BCUT2D eigenvalue weighted by atomic mass is 35.5. The molecule has 0 radical (unpaired) electrons. The Morgan fingerprint density at radius 2 is 1.32 bits per heavy atom. The van der Waals surface area contributed by atoms with Crippen molar-refractivity contribution in [2.75, 3.05) is 33.6 Å². The molecule has 7 rings (SSSR count). The number of sulfonamides is 2. The number of ether oxygens (including phenoxy) is 2. The second kappa shape index (κ2) is 14.5. The summed E-state index contributed by atoms with van der Waals surface area (Å²) in [7, 11) is -7.47. The van der Waals surface area contributed by atoms with Gasteiger partial charge in [0, 0.05) is 47.7 Å². The average Bonchev–Trinajstić information content (AvgIpc) is 3.54. The normalized spacial score (nSPS) is 19.0. The van der Waals surface area contributed by atoms with Gasteiger partial charge in [-0.25, -0.2) is 16.8 Å². The highest BCUT2D eigenvalue weighted by molar-refractivity contribution is 7.93. The third-order valence-corrected chi connectivity index (χ3v) is 13.4. The zero-order chi connectivity index (χ0) is 37.7. The summed E-state index contributed by atoms with van der Waals surface area (Å²) in [6.07, 6.45) is 1.88. The Morgan fingerprint density at radius 1 is 0.811 bits per heavy atom. The van der Waals surface area contributed by atoms with E-state index in [4.69, 9.17) is 32.7 Å². The smallest absolute Gasteiger partial charge is 0.270 e. The number of carbonyl (C=O) groups is 2. The minimum atomic E-state index is -3.75. The van der Waals surface area contributed by atoms with E-state index in [1.54, 1.807) is 36.4 Å². The fourth-order valence-electron chi connectivity index (χ4n) is 6.90. The number of nitrogens with zero attached hydrogens (tertiary/aromatic N) is 2. The number of amides is 1. The number of rotatable bonds is 10. The van der Waals surface area contributed by atoms with Gasteiger partial charge in [0.25, 0.3) is 20.0 Å². The van der Waals surface area contributed by atoms with E-state index in [1.165, 1.54) is 15.5 Å². The van der Waals surface area contributed by atoms with Gasteiger partial charge in [0.05, 0.1) is 28.0 Å². The molecular formula is C38H37Cl2N3O8S2. The number of ketones is 1. The molecule has 15 heteroatoms. The van der Waals surface area contributed by atoms with Crippen molar-refractivity contribution in [2.45, 2.75) is 45.6 Å². The number of carbonyl (C=O) groups excluding carboxylic acids is 2. The van der Waals surface area contributed by atoms with Crippen molar-refractivity contribution < 1.29 is 35.9 Å². The second-order valence-corrected chi connectivity index (χ2v) is 18.1. The lowest BCUT2D eigenvalue weighted by Crippen LogP contribution is -2.45. The predicted octanol–water partition coefficient (Wildman–Crippen LogP) is 7.25. The molecule has 0 aliphatic carbocycles. The van der Waals surface area contributed by atoms with Gasteiger partial charge in [0.2, 0.25) is 17.8 Å². The molecule has 1 amide bonds. The van der Waals surface area contributed by atoms with Crippen LogP contribution in [0.2, 0.25) is 10.0 Å². The Hall–Kier alpha value is -4.30. The van der Waals surface area contributed by atoms with E-state index in [0.29, 0.717) is 86.4 Å². The zero-order valence-electron chi connectivity index (χ0n) is 29.0. The molecule has 0 saturated carbocycles. The molecule has 0 aromatic heterocycles. The summed E-state index contributed by atoms with van der Waals surface area (Å²) in [5.41, 5.74) is 4.95. The summed E-state index contributed by atoms with van der Waals surface area (Å²) in [6.45, 7) is 3.79. The largest absolute Gasteiger partial charge is 0.474 e. The molecule has 3 aliphatic heterocycles. The fraction of sp³-hybridized carbons (Fsp3) is 0.316. The van der Waals surface area contributed by atoms with Gasteiger partial charge in [0.1, 0.15) is 17.3 Å². The molecular weight excluding hydrogens is 761 g/mol. The maximum absolute atomic E-state index is 13.0. The molecule has 1 fully saturated rings. The van der Waals surface area contributed by atoms with Gasteiger partial charge >= 0.3 is 0 Å². The lowest BCUT2D eigenvalue weighted by Gasteiger charge is -2.32. The van der Waals surface area contributed by atoms with E-state index in [-0.39, 0.29) is 36.7 Å². The van der Waals surface area contributed by atoms with Crippen LogP contribution in [0.4, 0.5) is 11.4 Å². The first-order chi connectivity index (χ1) is 25.2. The van der Waals surface area contributed by atoms with E-state index in [2.05, 4.69) is 5.32 Å². The molecule has 4 aromatic carbocycles. The molecule has 0 unspecified atom stereocenters. The highest BCUT2D eigenvalue weighted by Gasteiger charge is 2.36. The monoisotopic (exact) mass is 797 g/mol. The lowest BCUT2D eigenvalue weighted by molar-refractivity contribution is -0.119. The van der Waals surface area contributed by atoms with Crippen LogP contribution in [-0.4, -0.2) is 59.5 Å². The fourth-order valence-corrected chi connectivity index (χ4v) is 10.2. The quantitative estimate of drug-likeness (QED) is 0.177. The van der Waals surface area contributed by atoms with E-state index in [1.807, 2.05) is 43.3 Å².